The van der Waals surface area contributed by atoms with Crippen LogP contribution in [0.2, 0.25) is 0 Å². The van der Waals surface area contributed by atoms with Crippen LogP contribution in [0.1, 0.15) is 29.5 Å². The smallest absolute Gasteiger partial charge is 0.319 e. The maximum atomic E-state index is 12.1. The predicted octanol–water partition coefficient (Wildman–Crippen LogP) is 3.26. The first kappa shape index (κ1) is 17.5. The standard InChI is InChI=1S/C16H20N4O4/c1-9-7-13(20(22)23)5-6-15(9)18-16(21)17-10(2)8-14-11(3)19-24-12(14)4/h5-7,10H,8H2,1-4H3,(H2,17,18,21). The molecule has 2 amide bonds. The molecule has 2 aromatic rings. The Balaban J connectivity index is 1.97. The van der Waals surface area contributed by atoms with Crippen molar-refractivity contribution in [1.82, 2.24) is 10.5 Å². The fourth-order valence-electron chi connectivity index (χ4n) is 2.43. The number of nitro groups is 1. The van der Waals surface area contributed by atoms with Gasteiger partial charge in [-0.15, -0.1) is 0 Å². The molecular weight excluding hydrogens is 312 g/mol. The second-order valence-corrected chi connectivity index (χ2v) is 5.76. The summed E-state index contributed by atoms with van der Waals surface area (Å²) in [6.07, 6.45) is 0.605. The van der Waals surface area contributed by atoms with Crippen molar-refractivity contribution in [3.63, 3.8) is 0 Å². The number of amides is 2. The summed E-state index contributed by atoms with van der Waals surface area (Å²) in [4.78, 5) is 22.4. The van der Waals surface area contributed by atoms with Gasteiger partial charge in [-0.1, -0.05) is 5.16 Å². The number of carbonyl (C=O) groups is 1. The lowest BCUT2D eigenvalue weighted by atomic mass is 10.1. The molecule has 8 nitrogen and oxygen atoms in total. The number of aryl methyl sites for hydroxylation is 3. The van der Waals surface area contributed by atoms with Gasteiger partial charge in [-0.05, 0) is 45.7 Å². The Morgan fingerprint density at radius 2 is 2.08 bits per heavy atom. The molecular formula is C16H20N4O4. The molecule has 1 aromatic carbocycles. The van der Waals surface area contributed by atoms with Crippen molar-refractivity contribution in [2.45, 2.75) is 40.2 Å². The largest absolute Gasteiger partial charge is 0.361 e. The number of benzene rings is 1. The number of anilines is 1. The molecule has 8 heteroatoms. The third-order valence-corrected chi connectivity index (χ3v) is 3.74. The van der Waals surface area contributed by atoms with E-state index in [-0.39, 0.29) is 17.8 Å². The van der Waals surface area contributed by atoms with Gasteiger partial charge < -0.3 is 15.2 Å². The minimum Gasteiger partial charge on any atom is -0.361 e. The quantitative estimate of drug-likeness (QED) is 0.645. The van der Waals surface area contributed by atoms with E-state index in [2.05, 4.69) is 15.8 Å². The summed E-state index contributed by atoms with van der Waals surface area (Å²) in [6.45, 7) is 7.28. The molecule has 0 saturated heterocycles. The van der Waals surface area contributed by atoms with E-state index >= 15 is 0 Å². The van der Waals surface area contributed by atoms with Crippen LogP contribution in [0.4, 0.5) is 16.2 Å². The number of nitrogens with one attached hydrogen (secondary N) is 2. The molecule has 24 heavy (non-hydrogen) atoms. The van der Waals surface area contributed by atoms with Gasteiger partial charge in [0, 0.05) is 29.4 Å². The second kappa shape index (κ2) is 7.12. The number of nitro benzene ring substituents is 1. The summed E-state index contributed by atoms with van der Waals surface area (Å²) in [6, 6.07) is 3.80. The molecule has 0 aliphatic rings. The number of hydrogen-bond donors (Lipinski definition) is 2. The minimum absolute atomic E-state index is 0.00904. The highest BCUT2D eigenvalue weighted by Gasteiger charge is 2.15. The first-order chi connectivity index (χ1) is 11.3. The molecule has 0 aliphatic heterocycles. The predicted molar refractivity (Wildman–Crippen MR) is 89.1 cm³/mol. The van der Waals surface area contributed by atoms with Gasteiger partial charge in [0.15, 0.2) is 0 Å². The molecule has 1 aromatic heterocycles. The fraction of sp³-hybridized carbons (Fsp3) is 0.375. The van der Waals surface area contributed by atoms with Gasteiger partial charge in [-0.3, -0.25) is 10.1 Å². The van der Waals surface area contributed by atoms with Crippen LogP contribution in [-0.4, -0.2) is 22.2 Å². The first-order valence-corrected chi connectivity index (χ1v) is 7.52. The molecule has 0 saturated carbocycles. The van der Waals surface area contributed by atoms with Crippen LogP contribution in [0.5, 0.6) is 0 Å². The maximum Gasteiger partial charge on any atom is 0.319 e. The van der Waals surface area contributed by atoms with Crippen LogP contribution in [-0.2, 0) is 6.42 Å². The molecule has 2 N–H and O–H groups in total. The molecule has 0 aliphatic carbocycles. The van der Waals surface area contributed by atoms with Crippen molar-refractivity contribution in [1.29, 1.82) is 0 Å². The Hall–Kier alpha value is -2.90. The lowest BCUT2D eigenvalue weighted by Gasteiger charge is -2.15. The molecule has 0 fully saturated rings. The number of non-ortho nitro benzene ring substituents is 1. The van der Waals surface area contributed by atoms with Gasteiger partial charge in [0.25, 0.3) is 5.69 Å². The number of hydrogen-bond acceptors (Lipinski definition) is 5. The monoisotopic (exact) mass is 332 g/mol. The van der Waals surface area contributed by atoms with Crippen molar-refractivity contribution in [2.24, 2.45) is 0 Å². The SMILES string of the molecule is Cc1cc([N+](=O)[O-])ccc1NC(=O)NC(C)Cc1c(C)noc1C. The highest BCUT2D eigenvalue weighted by atomic mass is 16.6. The van der Waals surface area contributed by atoms with Gasteiger partial charge in [0.05, 0.1) is 10.6 Å². The van der Waals surface area contributed by atoms with Gasteiger partial charge in [-0.25, -0.2) is 4.79 Å². The lowest BCUT2D eigenvalue weighted by molar-refractivity contribution is -0.384. The summed E-state index contributed by atoms with van der Waals surface area (Å²) in [5.41, 5.74) is 2.94. The molecule has 2 rings (SSSR count). The van der Waals surface area contributed by atoms with Crippen LogP contribution >= 0.6 is 0 Å². The molecule has 1 unspecified atom stereocenters. The number of rotatable bonds is 5. The van der Waals surface area contributed by atoms with Crippen molar-refractivity contribution >= 4 is 17.4 Å². The Morgan fingerprint density at radius 1 is 1.38 bits per heavy atom. The third-order valence-electron chi connectivity index (χ3n) is 3.74. The first-order valence-electron chi connectivity index (χ1n) is 7.52. The molecule has 1 atom stereocenters. The van der Waals surface area contributed by atoms with E-state index in [0.29, 0.717) is 17.7 Å². The van der Waals surface area contributed by atoms with Crippen LogP contribution in [0.3, 0.4) is 0 Å². The Labute approximate surface area is 139 Å². The zero-order valence-corrected chi connectivity index (χ0v) is 14.0. The summed E-state index contributed by atoms with van der Waals surface area (Å²) >= 11 is 0. The molecule has 1 heterocycles. The lowest BCUT2D eigenvalue weighted by Crippen LogP contribution is -2.37. The highest BCUT2D eigenvalue weighted by Crippen LogP contribution is 2.21. The second-order valence-electron chi connectivity index (χ2n) is 5.76. The summed E-state index contributed by atoms with van der Waals surface area (Å²) in [7, 11) is 0. The average Bonchev–Trinajstić information content (AvgIpc) is 2.80. The molecule has 0 radical (unpaired) electrons. The van der Waals surface area contributed by atoms with Gasteiger partial charge in [0.2, 0.25) is 0 Å². The number of carbonyl (C=O) groups excluding carboxylic acids is 1. The zero-order chi connectivity index (χ0) is 17.9. The van der Waals surface area contributed by atoms with Gasteiger partial charge >= 0.3 is 6.03 Å². The summed E-state index contributed by atoms with van der Waals surface area (Å²) in [5, 5.41) is 20.2. The van der Waals surface area contributed by atoms with E-state index in [0.717, 1.165) is 17.0 Å². The van der Waals surface area contributed by atoms with Gasteiger partial charge in [0.1, 0.15) is 5.76 Å². The highest BCUT2D eigenvalue weighted by molar-refractivity contribution is 5.90. The van der Waals surface area contributed by atoms with E-state index in [9.17, 15) is 14.9 Å². The van der Waals surface area contributed by atoms with E-state index in [4.69, 9.17) is 4.52 Å². The average molecular weight is 332 g/mol. The zero-order valence-electron chi connectivity index (χ0n) is 14.0. The van der Waals surface area contributed by atoms with E-state index in [1.807, 2.05) is 20.8 Å². The van der Waals surface area contributed by atoms with Crippen LogP contribution in [0.15, 0.2) is 22.7 Å². The Bertz CT molecular complexity index is 750. The Morgan fingerprint density at radius 3 is 2.62 bits per heavy atom. The Kier molecular flexibility index (Phi) is 5.18. The van der Waals surface area contributed by atoms with Crippen molar-refractivity contribution in [3.8, 4) is 0 Å². The maximum absolute atomic E-state index is 12.1. The molecule has 0 bridgehead atoms. The minimum atomic E-state index is -0.470. The fourth-order valence-corrected chi connectivity index (χ4v) is 2.43. The molecule has 0 spiro atoms. The van der Waals surface area contributed by atoms with E-state index in [1.54, 1.807) is 6.92 Å². The van der Waals surface area contributed by atoms with Crippen molar-refractivity contribution in [2.75, 3.05) is 5.32 Å². The third kappa shape index (κ3) is 4.09. The van der Waals surface area contributed by atoms with E-state index < -0.39 is 4.92 Å². The summed E-state index contributed by atoms with van der Waals surface area (Å²) < 4.78 is 5.11. The topological polar surface area (TPSA) is 110 Å². The van der Waals surface area contributed by atoms with Crippen molar-refractivity contribution < 1.29 is 14.2 Å². The number of nitrogens with zero attached hydrogens (tertiary/aromatic N) is 2. The van der Waals surface area contributed by atoms with Crippen LogP contribution < -0.4 is 10.6 Å². The van der Waals surface area contributed by atoms with E-state index in [1.165, 1.54) is 18.2 Å². The van der Waals surface area contributed by atoms with Gasteiger partial charge in [-0.2, -0.15) is 0 Å². The molecule has 128 valence electrons. The number of urea groups is 1. The van der Waals surface area contributed by atoms with Crippen molar-refractivity contribution in [3.05, 3.63) is 50.9 Å². The normalized spacial score (nSPS) is 11.8. The number of aromatic nitrogens is 1. The van der Waals surface area contributed by atoms with Crippen LogP contribution in [0, 0.1) is 30.9 Å². The van der Waals surface area contributed by atoms with Crippen LogP contribution in [0.25, 0.3) is 0 Å². The summed E-state index contributed by atoms with van der Waals surface area (Å²) in [5.74, 6) is 0.743.